The van der Waals surface area contributed by atoms with Crippen LogP contribution in [0, 0.1) is 0 Å². The van der Waals surface area contributed by atoms with Crippen LogP contribution >= 0.6 is 28.4 Å². The van der Waals surface area contributed by atoms with Crippen LogP contribution in [0.1, 0.15) is 23.3 Å². The molecule has 5 N–H and O–H groups in total. The minimum atomic E-state index is -2.33. The highest BCUT2D eigenvalue weighted by Gasteiger charge is 2.45. The lowest BCUT2D eigenvalue weighted by molar-refractivity contribution is -0.0471. The largest absolute Gasteiger partial charge is 0.387 e. The van der Waals surface area contributed by atoms with Crippen molar-refractivity contribution in [3.05, 3.63) is 77.3 Å². The van der Waals surface area contributed by atoms with E-state index in [-0.39, 0.29) is 23.7 Å². The van der Waals surface area contributed by atoms with Crippen molar-refractivity contribution in [3.8, 4) is 0 Å². The van der Waals surface area contributed by atoms with Gasteiger partial charge in [-0.1, -0.05) is 48.5 Å². The normalized spacial score (nSPS) is 25.2. The first-order valence-electron chi connectivity index (χ1n) is 12.4. The van der Waals surface area contributed by atoms with Crippen LogP contribution in [-0.4, -0.2) is 81.8 Å². The summed E-state index contributed by atoms with van der Waals surface area (Å²) in [6, 6.07) is 18.3. The number of aliphatic hydroxyl groups is 2. The first-order chi connectivity index (χ1) is 19.3. The number of benzene rings is 2. The van der Waals surface area contributed by atoms with Crippen LogP contribution in [0.25, 0.3) is 11.2 Å². The van der Waals surface area contributed by atoms with Gasteiger partial charge in [-0.3, -0.25) is 4.57 Å². The molecule has 6 unspecified atom stereocenters. The van der Waals surface area contributed by atoms with Crippen LogP contribution in [0.4, 0.5) is 11.5 Å². The molecule has 2 aromatic carbocycles. The summed E-state index contributed by atoms with van der Waals surface area (Å²) in [6.07, 6.45) is -3.33. The summed E-state index contributed by atoms with van der Waals surface area (Å²) < 4.78 is 12.6. The molecule has 2 aromatic heterocycles. The van der Waals surface area contributed by atoms with Crippen molar-refractivity contribution in [1.29, 1.82) is 0 Å². The Bertz CT molecular complexity index is 1500. The van der Waals surface area contributed by atoms with Gasteiger partial charge in [0.05, 0.1) is 18.8 Å². The molecule has 4 aromatic rings. The van der Waals surface area contributed by atoms with Crippen molar-refractivity contribution >= 4 is 51.0 Å². The van der Waals surface area contributed by atoms with E-state index in [4.69, 9.17) is 30.6 Å². The topological polar surface area (TPSA) is 166 Å². The van der Waals surface area contributed by atoms with Crippen molar-refractivity contribution in [1.82, 2.24) is 19.5 Å². The molecule has 1 saturated heterocycles. The Hall–Kier alpha value is -2.34. The molecule has 1 fully saturated rings. The van der Waals surface area contributed by atoms with Gasteiger partial charge in [-0.15, -0.1) is 0 Å². The third kappa shape index (κ3) is 5.21. The second-order valence-corrected chi connectivity index (χ2v) is 12.7. The fourth-order valence-corrected chi connectivity index (χ4v) is 6.90. The van der Waals surface area contributed by atoms with Crippen LogP contribution in [0.5, 0.6) is 0 Å². The molecule has 2 aliphatic heterocycles. The van der Waals surface area contributed by atoms with Crippen molar-refractivity contribution < 1.29 is 34.2 Å². The number of ether oxygens (including phenoxy) is 1. The molecule has 0 aliphatic carbocycles. The maximum atomic E-state index is 10.8. The molecular formula is C25H26ClN5O7P2. The van der Waals surface area contributed by atoms with Crippen LogP contribution in [0.15, 0.2) is 60.9 Å². The van der Waals surface area contributed by atoms with Gasteiger partial charge in [0.15, 0.2) is 40.0 Å². The van der Waals surface area contributed by atoms with Crippen LogP contribution < -0.4 is 4.90 Å². The quantitative estimate of drug-likeness (QED) is 0.148. The summed E-state index contributed by atoms with van der Waals surface area (Å²) in [5, 5.41) is 21.4. The molecule has 6 atom stereocenters. The number of halogens is 1. The molecule has 6 rings (SSSR count). The Balaban J connectivity index is 1.31. The van der Waals surface area contributed by atoms with Crippen LogP contribution in [-0.2, 0) is 9.26 Å². The van der Waals surface area contributed by atoms with E-state index in [1.807, 2.05) is 36.4 Å². The van der Waals surface area contributed by atoms with E-state index < -0.39 is 41.3 Å². The Labute approximate surface area is 236 Å². The highest BCUT2D eigenvalue weighted by molar-refractivity contribution is 7.63. The Morgan fingerprint density at radius 2 is 1.75 bits per heavy atom. The van der Waals surface area contributed by atoms with Crippen molar-refractivity contribution in [2.75, 3.05) is 24.0 Å². The maximum Gasteiger partial charge on any atom is 0.226 e. The minimum absolute atomic E-state index is 0.0201. The first-order valence-corrected chi connectivity index (χ1v) is 15.6. The van der Waals surface area contributed by atoms with Gasteiger partial charge >= 0.3 is 0 Å². The molecule has 2 aliphatic rings. The van der Waals surface area contributed by atoms with Gasteiger partial charge in [0.25, 0.3) is 0 Å². The number of imidazole rings is 1. The Kier molecular flexibility index (Phi) is 8.00. The van der Waals surface area contributed by atoms with Gasteiger partial charge in [-0.2, -0.15) is 9.97 Å². The molecule has 4 heterocycles. The number of rotatable bonds is 8. The molecule has 40 heavy (non-hydrogen) atoms. The van der Waals surface area contributed by atoms with E-state index >= 15 is 0 Å². The summed E-state index contributed by atoms with van der Waals surface area (Å²) in [5.74, 6) is 0.293. The zero-order valence-electron chi connectivity index (χ0n) is 20.8. The number of para-hydroxylation sites is 1. The lowest BCUT2D eigenvalue weighted by Gasteiger charge is -2.20. The number of hydrogen-bond donors (Lipinski definition) is 5. The molecule has 15 heteroatoms. The monoisotopic (exact) mass is 605 g/mol. The lowest BCUT2D eigenvalue weighted by atomic mass is 9.93. The Morgan fingerprint density at radius 1 is 1.00 bits per heavy atom. The van der Waals surface area contributed by atoms with Crippen LogP contribution in [0.2, 0.25) is 5.28 Å². The predicted molar refractivity (Wildman–Crippen MR) is 149 cm³/mol. The van der Waals surface area contributed by atoms with E-state index in [0.717, 1.165) is 11.3 Å². The van der Waals surface area contributed by atoms with E-state index in [0.29, 0.717) is 23.5 Å². The number of hydrogen-bond acceptors (Lipinski definition) is 11. The zero-order chi connectivity index (χ0) is 28.0. The van der Waals surface area contributed by atoms with Crippen LogP contribution in [0.3, 0.4) is 0 Å². The maximum absolute atomic E-state index is 10.8. The smallest absolute Gasteiger partial charge is 0.226 e. The Morgan fingerprint density at radius 3 is 2.52 bits per heavy atom. The molecule has 0 spiro atoms. The number of nitrogens with zero attached hydrogens (tertiary/aromatic N) is 5. The molecule has 0 radical (unpaired) electrons. The highest BCUT2D eigenvalue weighted by Crippen LogP contribution is 2.46. The summed E-state index contributed by atoms with van der Waals surface area (Å²) in [6.45, 7) is 0.340. The second-order valence-electron chi connectivity index (χ2n) is 9.48. The van der Waals surface area contributed by atoms with Crippen molar-refractivity contribution in [2.24, 2.45) is 0 Å². The average Bonchev–Trinajstić information content (AvgIpc) is 3.61. The fourth-order valence-electron chi connectivity index (χ4n) is 5.23. The van der Waals surface area contributed by atoms with Crippen molar-refractivity contribution in [2.45, 2.75) is 30.5 Å². The van der Waals surface area contributed by atoms with Crippen molar-refractivity contribution in [3.63, 3.8) is 0 Å². The molecule has 12 nitrogen and oxygen atoms in total. The third-order valence-corrected chi connectivity index (χ3v) is 9.64. The summed E-state index contributed by atoms with van der Waals surface area (Å²) in [5.41, 5.74) is 4.04. The van der Waals surface area contributed by atoms with Gasteiger partial charge < -0.3 is 39.1 Å². The number of anilines is 2. The van der Waals surface area contributed by atoms with Gasteiger partial charge in [-0.25, -0.2) is 4.98 Å². The molecule has 0 amide bonds. The standard InChI is InChI=1S/C25H26ClN5O7P2/c26-25-28-22(30-10-16(14-6-2-1-3-7-14)15-8-4-5-9-17(15)30)19-23(29-25)31(12-27-19)24-21(33)20(32)18(38-24)11-37-40(36)13-39(34)35/h1-9,12,16,18,20-21,24,32-36H,10-11,13H2. The number of fused-ring (bicyclic) bond motifs is 2. The summed E-state index contributed by atoms with van der Waals surface area (Å²) in [4.78, 5) is 43.5. The number of aromatic nitrogens is 4. The van der Waals surface area contributed by atoms with Gasteiger partial charge in [0.2, 0.25) is 5.28 Å². The van der Waals surface area contributed by atoms with E-state index in [1.165, 1.54) is 16.5 Å². The number of aliphatic hydroxyl groups excluding tert-OH is 2. The molecule has 210 valence electrons. The molecule has 0 bridgehead atoms. The van der Waals surface area contributed by atoms with Gasteiger partial charge in [-0.05, 0) is 28.8 Å². The SMILES string of the molecule is OC1C(COP(O)CP(O)O)OC(n2cnc3c(N4CC(c5ccccc5)c5ccccc54)nc(Cl)nc32)C1O. The van der Waals surface area contributed by atoms with E-state index in [1.54, 1.807) is 0 Å². The van der Waals surface area contributed by atoms with Gasteiger partial charge in [0.1, 0.15) is 18.3 Å². The average molecular weight is 606 g/mol. The fraction of sp³-hybridized carbons (Fsp3) is 0.320. The van der Waals surface area contributed by atoms with E-state index in [9.17, 15) is 15.1 Å². The predicted octanol–water partition coefficient (Wildman–Crippen LogP) is 2.96. The van der Waals surface area contributed by atoms with E-state index in [2.05, 4.69) is 38.1 Å². The summed E-state index contributed by atoms with van der Waals surface area (Å²) >= 11 is 6.41. The lowest BCUT2D eigenvalue weighted by Crippen LogP contribution is -2.33. The highest BCUT2D eigenvalue weighted by atomic mass is 35.5. The minimum Gasteiger partial charge on any atom is -0.387 e. The zero-order valence-corrected chi connectivity index (χ0v) is 23.4. The van der Waals surface area contributed by atoms with Gasteiger partial charge in [0, 0.05) is 18.2 Å². The first kappa shape index (κ1) is 27.8. The third-order valence-electron chi connectivity index (χ3n) is 7.05. The molecule has 0 saturated carbocycles. The summed E-state index contributed by atoms with van der Waals surface area (Å²) in [7, 11) is -4.45. The molecular weight excluding hydrogens is 580 g/mol. The second kappa shape index (κ2) is 11.5.